The van der Waals surface area contributed by atoms with E-state index in [9.17, 15) is 14.4 Å². The fourth-order valence-corrected chi connectivity index (χ4v) is 3.19. The van der Waals surface area contributed by atoms with Crippen molar-refractivity contribution >= 4 is 39.5 Å². The number of rotatable bonds is 6. The number of hydrogen-bond donors (Lipinski definition) is 1. The minimum atomic E-state index is -0.966. The quantitative estimate of drug-likeness (QED) is 0.428. The maximum Gasteiger partial charge on any atom is 0.331 e. The van der Waals surface area contributed by atoms with Crippen molar-refractivity contribution in [3.63, 3.8) is 0 Å². The Bertz CT molecular complexity index is 895. The van der Waals surface area contributed by atoms with Gasteiger partial charge in [-0.1, -0.05) is 28.1 Å². The molecule has 0 bridgehead atoms. The molecule has 0 aliphatic rings. The number of nitrogens with one attached hydrogen (secondary N) is 1. The number of carbonyl (C=O) groups excluding carboxylic acids is 3. The highest BCUT2D eigenvalue weighted by atomic mass is 79.9. The van der Waals surface area contributed by atoms with E-state index in [2.05, 4.69) is 20.9 Å². The number of esters is 1. The van der Waals surface area contributed by atoms with E-state index in [0.29, 0.717) is 22.5 Å². The molecule has 0 aliphatic heterocycles. The molecule has 1 aromatic carbocycles. The topological polar surface area (TPSA) is 76.2 Å². The number of aromatic nitrogens is 1. The third-order valence-electron chi connectivity index (χ3n) is 3.96. The van der Waals surface area contributed by atoms with Gasteiger partial charge in [0.15, 0.2) is 11.9 Å². The third kappa shape index (κ3) is 4.58. The molecule has 0 fully saturated rings. The molecule has 2 aromatic rings. The number of ketones is 2. The van der Waals surface area contributed by atoms with E-state index in [0.717, 1.165) is 10.0 Å². The predicted molar refractivity (Wildman–Crippen MR) is 103 cm³/mol. The minimum Gasteiger partial charge on any atom is -0.451 e. The van der Waals surface area contributed by atoms with Gasteiger partial charge in [-0.3, -0.25) is 9.59 Å². The number of aromatic amines is 1. The average molecular weight is 418 g/mol. The Morgan fingerprint density at radius 1 is 1.23 bits per heavy atom. The van der Waals surface area contributed by atoms with Gasteiger partial charge in [0, 0.05) is 21.8 Å². The van der Waals surface area contributed by atoms with Gasteiger partial charge in [-0.05, 0) is 57.0 Å². The lowest BCUT2D eigenvalue weighted by atomic mass is 10.0. The number of halogens is 1. The molecule has 1 heterocycles. The van der Waals surface area contributed by atoms with Gasteiger partial charge in [-0.2, -0.15) is 0 Å². The number of Topliss-reactive ketones (excluding diaryl/α,β-unsaturated/α-hetero) is 2. The van der Waals surface area contributed by atoms with Crippen LogP contribution < -0.4 is 0 Å². The lowest BCUT2D eigenvalue weighted by Gasteiger charge is -2.10. The number of aryl methyl sites for hydroxylation is 1. The van der Waals surface area contributed by atoms with Crippen molar-refractivity contribution < 1.29 is 19.1 Å². The summed E-state index contributed by atoms with van der Waals surface area (Å²) in [4.78, 5) is 39.1. The normalized spacial score (nSPS) is 12.2. The van der Waals surface area contributed by atoms with Crippen LogP contribution in [-0.4, -0.2) is 28.6 Å². The molecule has 1 N–H and O–H groups in total. The van der Waals surface area contributed by atoms with Gasteiger partial charge < -0.3 is 9.72 Å². The Kier molecular flexibility index (Phi) is 6.32. The maximum absolute atomic E-state index is 12.6. The largest absolute Gasteiger partial charge is 0.451 e. The molecule has 1 aromatic heterocycles. The number of carbonyl (C=O) groups is 3. The first-order valence-electron chi connectivity index (χ1n) is 8.09. The van der Waals surface area contributed by atoms with Crippen molar-refractivity contribution in [2.45, 2.75) is 33.8 Å². The van der Waals surface area contributed by atoms with Gasteiger partial charge in [-0.25, -0.2) is 4.79 Å². The van der Waals surface area contributed by atoms with Crippen molar-refractivity contribution in [1.82, 2.24) is 4.98 Å². The van der Waals surface area contributed by atoms with Crippen LogP contribution in [0.2, 0.25) is 0 Å². The van der Waals surface area contributed by atoms with Gasteiger partial charge in [0.1, 0.15) is 0 Å². The van der Waals surface area contributed by atoms with E-state index in [4.69, 9.17) is 4.74 Å². The molecule has 26 heavy (non-hydrogen) atoms. The molecule has 0 saturated carbocycles. The van der Waals surface area contributed by atoms with E-state index in [-0.39, 0.29) is 11.6 Å². The third-order valence-corrected chi connectivity index (χ3v) is 4.45. The molecule has 0 amide bonds. The van der Waals surface area contributed by atoms with Crippen LogP contribution in [0.3, 0.4) is 0 Å². The summed E-state index contributed by atoms with van der Waals surface area (Å²) in [7, 11) is 0. The zero-order valence-electron chi connectivity index (χ0n) is 15.1. The lowest BCUT2D eigenvalue weighted by Crippen LogP contribution is -2.24. The van der Waals surface area contributed by atoms with E-state index < -0.39 is 12.1 Å². The zero-order valence-corrected chi connectivity index (χ0v) is 16.6. The van der Waals surface area contributed by atoms with Crippen LogP contribution in [0.4, 0.5) is 0 Å². The smallest absolute Gasteiger partial charge is 0.331 e. The summed E-state index contributed by atoms with van der Waals surface area (Å²) in [5, 5.41) is 0. The average Bonchev–Trinajstić information content (AvgIpc) is 2.86. The summed E-state index contributed by atoms with van der Waals surface area (Å²) in [5.74, 6) is -1.10. The molecule has 0 unspecified atom stereocenters. The van der Waals surface area contributed by atoms with Crippen LogP contribution >= 0.6 is 15.9 Å². The predicted octanol–water partition coefficient (Wildman–Crippen LogP) is 4.42. The summed E-state index contributed by atoms with van der Waals surface area (Å²) in [6.07, 6.45) is 1.92. The Hall–Kier alpha value is -2.47. The second-order valence-corrected chi connectivity index (χ2v) is 6.93. The number of H-pyrrole nitrogens is 1. The molecule has 1 atom stereocenters. The first-order valence-corrected chi connectivity index (χ1v) is 8.88. The van der Waals surface area contributed by atoms with E-state index in [1.165, 1.54) is 19.9 Å². The summed E-state index contributed by atoms with van der Waals surface area (Å²) in [6.45, 7) is 6.40. The Morgan fingerprint density at radius 3 is 2.50 bits per heavy atom. The highest BCUT2D eigenvalue weighted by molar-refractivity contribution is 9.10. The maximum atomic E-state index is 12.6. The highest BCUT2D eigenvalue weighted by Crippen LogP contribution is 2.20. The second kappa shape index (κ2) is 8.27. The van der Waals surface area contributed by atoms with Crippen LogP contribution in [0.1, 0.15) is 51.5 Å². The van der Waals surface area contributed by atoms with Crippen molar-refractivity contribution in [3.8, 4) is 0 Å². The number of ether oxygens (including phenoxy) is 1. The molecule has 0 radical (unpaired) electrons. The van der Waals surface area contributed by atoms with Crippen molar-refractivity contribution in [1.29, 1.82) is 0 Å². The minimum absolute atomic E-state index is 0.114. The van der Waals surface area contributed by atoms with Gasteiger partial charge in [0.2, 0.25) is 5.78 Å². The SMILES string of the molecule is CC(=O)c1c(C)[nH]c(C(=O)[C@H](C)OC(=O)/C=C/c2cccc(Br)c2)c1C. The Balaban J connectivity index is 2.08. The first kappa shape index (κ1) is 19.8. The van der Waals surface area contributed by atoms with Crippen molar-refractivity contribution in [2.24, 2.45) is 0 Å². The molecule has 0 saturated heterocycles. The van der Waals surface area contributed by atoms with Crippen LogP contribution in [0, 0.1) is 13.8 Å². The molecular formula is C20H20BrNO4. The molecule has 5 nitrogen and oxygen atoms in total. The molecule has 136 valence electrons. The molecule has 2 rings (SSSR count). The van der Waals surface area contributed by atoms with Crippen molar-refractivity contribution in [3.05, 3.63) is 62.9 Å². The Labute approximate surface area is 160 Å². The van der Waals surface area contributed by atoms with Gasteiger partial charge in [-0.15, -0.1) is 0 Å². The van der Waals surface area contributed by atoms with Crippen molar-refractivity contribution in [2.75, 3.05) is 0 Å². The molecule has 6 heteroatoms. The zero-order chi connectivity index (χ0) is 19.4. The van der Waals surface area contributed by atoms with Gasteiger partial charge in [0.25, 0.3) is 0 Å². The summed E-state index contributed by atoms with van der Waals surface area (Å²) < 4.78 is 6.09. The van der Waals surface area contributed by atoms with Gasteiger partial charge >= 0.3 is 5.97 Å². The monoisotopic (exact) mass is 417 g/mol. The van der Waals surface area contributed by atoms with Crippen LogP contribution in [-0.2, 0) is 9.53 Å². The van der Waals surface area contributed by atoms with Crippen LogP contribution in [0.5, 0.6) is 0 Å². The lowest BCUT2D eigenvalue weighted by molar-refractivity contribution is -0.140. The van der Waals surface area contributed by atoms with E-state index >= 15 is 0 Å². The van der Waals surface area contributed by atoms with E-state index in [1.54, 1.807) is 19.9 Å². The molecule has 0 aliphatic carbocycles. The van der Waals surface area contributed by atoms with Gasteiger partial charge in [0.05, 0.1) is 5.69 Å². The Morgan fingerprint density at radius 2 is 1.92 bits per heavy atom. The standard InChI is InChI=1S/C20H20BrNO4/c1-11-18(13(3)23)12(2)22-19(11)20(25)14(4)26-17(24)9-8-15-6-5-7-16(21)10-15/h5-10,14,22H,1-4H3/b9-8+/t14-/m0/s1. The molecule has 0 spiro atoms. The summed E-state index contributed by atoms with van der Waals surface area (Å²) in [5.41, 5.74) is 2.83. The fraction of sp³-hybridized carbons (Fsp3) is 0.250. The van der Waals surface area contributed by atoms with Crippen LogP contribution in [0.25, 0.3) is 6.08 Å². The van der Waals surface area contributed by atoms with E-state index in [1.807, 2.05) is 24.3 Å². The fourth-order valence-electron chi connectivity index (χ4n) is 2.77. The highest BCUT2D eigenvalue weighted by Gasteiger charge is 2.25. The molecular weight excluding hydrogens is 398 g/mol. The second-order valence-electron chi connectivity index (χ2n) is 6.01. The summed E-state index contributed by atoms with van der Waals surface area (Å²) in [6, 6.07) is 7.43. The number of benzene rings is 1. The first-order chi connectivity index (χ1) is 12.2. The summed E-state index contributed by atoms with van der Waals surface area (Å²) >= 11 is 3.36. The van der Waals surface area contributed by atoms with Crippen LogP contribution in [0.15, 0.2) is 34.8 Å². The number of hydrogen-bond acceptors (Lipinski definition) is 4.